The van der Waals surface area contributed by atoms with Crippen LogP contribution in [0.3, 0.4) is 0 Å². The lowest BCUT2D eigenvalue weighted by Gasteiger charge is -2.17. The summed E-state index contributed by atoms with van der Waals surface area (Å²) in [4.78, 5) is 7.39. The van der Waals surface area contributed by atoms with E-state index in [9.17, 15) is 0 Å². The van der Waals surface area contributed by atoms with Crippen LogP contribution in [0.5, 0.6) is 0 Å². The maximum Gasteiger partial charge on any atom is 0.192 e. The number of nitrogens with one attached hydrogen (secondary N) is 2. The monoisotopic (exact) mass is 346 g/mol. The molecule has 0 radical (unpaired) electrons. The van der Waals surface area contributed by atoms with Crippen molar-refractivity contribution < 1.29 is 0 Å². The fourth-order valence-electron chi connectivity index (χ4n) is 2.91. The first kappa shape index (κ1) is 17.0. The predicted molar refractivity (Wildman–Crippen MR) is 98.2 cm³/mol. The van der Waals surface area contributed by atoms with E-state index in [1.165, 1.54) is 35.4 Å². The zero-order valence-corrected chi connectivity index (χ0v) is 15.5. The van der Waals surface area contributed by atoms with E-state index in [0.717, 1.165) is 24.2 Å². The van der Waals surface area contributed by atoms with Crippen molar-refractivity contribution in [3.05, 3.63) is 33.5 Å². The van der Waals surface area contributed by atoms with Crippen LogP contribution in [-0.4, -0.2) is 26.8 Å². The van der Waals surface area contributed by atoms with Crippen LogP contribution in [0.25, 0.3) is 0 Å². The Bertz CT molecular complexity index is 696. The smallest absolute Gasteiger partial charge is 0.192 e. The van der Waals surface area contributed by atoms with Crippen molar-refractivity contribution in [2.75, 3.05) is 0 Å². The first-order valence-electron chi connectivity index (χ1n) is 8.57. The Balaban J connectivity index is 1.65. The molecule has 2 aromatic heterocycles. The van der Waals surface area contributed by atoms with Crippen molar-refractivity contribution in [1.82, 2.24) is 25.4 Å². The number of nitrogens with zero attached hydrogens (tertiary/aromatic N) is 4. The van der Waals surface area contributed by atoms with Gasteiger partial charge >= 0.3 is 0 Å². The summed E-state index contributed by atoms with van der Waals surface area (Å²) >= 11 is 1.82. The molecule has 0 amide bonds. The molecule has 1 fully saturated rings. The van der Waals surface area contributed by atoms with Gasteiger partial charge in [0.15, 0.2) is 11.8 Å². The average molecular weight is 347 g/mol. The molecule has 0 saturated heterocycles. The fraction of sp³-hybridized carbons (Fsp3) is 0.588. The number of hydrogen-bond acceptors (Lipinski definition) is 4. The van der Waals surface area contributed by atoms with Crippen molar-refractivity contribution >= 4 is 17.3 Å². The summed E-state index contributed by atoms with van der Waals surface area (Å²) in [5.74, 6) is 2.66. The Kier molecular flexibility index (Phi) is 5.50. The lowest BCUT2D eigenvalue weighted by atomic mass is 10.2. The van der Waals surface area contributed by atoms with Crippen LogP contribution in [0, 0.1) is 13.8 Å². The van der Waals surface area contributed by atoms with Crippen LogP contribution in [-0.2, 0) is 20.1 Å². The molecule has 0 bridgehead atoms. The number of thiophene rings is 1. The highest BCUT2D eigenvalue weighted by molar-refractivity contribution is 7.11. The minimum Gasteiger partial charge on any atom is -0.354 e. The van der Waals surface area contributed by atoms with Crippen LogP contribution in [0.15, 0.2) is 17.1 Å². The molecule has 0 aliphatic heterocycles. The van der Waals surface area contributed by atoms with E-state index in [4.69, 9.17) is 4.99 Å². The Hall–Kier alpha value is -1.89. The summed E-state index contributed by atoms with van der Waals surface area (Å²) in [5, 5.41) is 15.3. The third-order valence-electron chi connectivity index (χ3n) is 4.48. The molecule has 6 nitrogen and oxygen atoms in total. The Morgan fingerprint density at radius 2 is 2.08 bits per heavy atom. The predicted octanol–water partition coefficient (Wildman–Crippen LogP) is 2.67. The van der Waals surface area contributed by atoms with Crippen molar-refractivity contribution in [3.8, 4) is 0 Å². The van der Waals surface area contributed by atoms with Crippen LogP contribution < -0.4 is 10.6 Å². The zero-order valence-electron chi connectivity index (χ0n) is 14.7. The van der Waals surface area contributed by atoms with Gasteiger partial charge in [0.05, 0.1) is 6.54 Å². The highest BCUT2D eigenvalue weighted by Gasteiger charge is 2.16. The third kappa shape index (κ3) is 4.35. The zero-order chi connectivity index (χ0) is 16.9. The largest absolute Gasteiger partial charge is 0.354 e. The quantitative estimate of drug-likeness (QED) is 0.645. The first-order valence-corrected chi connectivity index (χ1v) is 9.38. The molecule has 0 spiro atoms. The first-order chi connectivity index (χ1) is 11.6. The van der Waals surface area contributed by atoms with Gasteiger partial charge in [-0.05, 0) is 38.8 Å². The van der Waals surface area contributed by atoms with Gasteiger partial charge in [0.2, 0.25) is 0 Å². The molecular formula is C17H26N6S. The molecule has 1 saturated carbocycles. The van der Waals surface area contributed by atoms with Gasteiger partial charge in [0, 0.05) is 22.8 Å². The van der Waals surface area contributed by atoms with Gasteiger partial charge in [0.1, 0.15) is 12.4 Å². The molecular weight excluding hydrogens is 320 g/mol. The Labute approximate surface area is 147 Å². The van der Waals surface area contributed by atoms with Crippen molar-refractivity contribution in [1.29, 1.82) is 0 Å². The molecule has 130 valence electrons. The average Bonchev–Trinajstić information content (AvgIpc) is 3.28. The number of guanidine groups is 1. The normalized spacial score (nSPS) is 15.9. The molecule has 2 aromatic rings. The van der Waals surface area contributed by atoms with Gasteiger partial charge < -0.3 is 15.2 Å². The standard InChI is InChI=1S/C17H26N6S/c1-12-8-9-15(24-12)10-18-17(20-14-6-4-5-7-14)19-11-16-22-21-13(2)23(16)3/h8-9,14H,4-7,10-11H2,1-3H3,(H2,18,19,20). The lowest BCUT2D eigenvalue weighted by Crippen LogP contribution is -2.42. The Morgan fingerprint density at radius 1 is 1.29 bits per heavy atom. The van der Waals surface area contributed by atoms with Crippen LogP contribution in [0.4, 0.5) is 0 Å². The summed E-state index contributed by atoms with van der Waals surface area (Å²) in [7, 11) is 1.98. The van der Waals surface area contributed by atoms with E-state index >= 15 is 0 Å². The number of rotatable bonds is 5. The summed E-state index contributed by atoms with van der Waals surface area (Å²) in [6, 6.07) is 4.86. The summed E-state index contributed by atoms with van der Waals surface area (Å²) in [6.07, 6.45) is 5.05. The SMILES string of the molecule is Cc1ccc(CNC(=NCc2nnc(C)n2C)NC2CCCC2)s1. The molecule has 2 heterocycles. The molecule has 0 unspecified atom stereocenters. The number of aryl methyl sites for hydroxylation is 2. The van der Waals surface area contributed by atoms with E-state index in [2.05, 4.69) is 39.9 Å². The second-order valence-electron chi connectivity index (χ2n) is 6.38. The van der Waals surface area contributed by atoms with E-state index in [-0.39, 0.29) is 0 Å². The second-order valence-corrected chi connectivity index (χ2v) is 7.75. The minimum atomic E-state index is 0.530. The van der Waals surface area contributed by atoms with Crippen LogP contribution in [0.1, 0.15) is 47.1 Å². The highest BCUT2D eigenvalue weighted by Crippen LogP contribution is 2.18. The van der Waals surface area contributed by atoms with E-state index in [1.54, 1.807) is 0 Å². The van der Waals surface area contributed by atoms with Crippen molar-refractivity contribution in [3.63, 3.8) is 0 Å². The summed E-state index contributed by atoms with van der Waals surface area (Å²) < 4.78 is 1.99. The van der Waals surface area contributed by atoms with Gasteiger partial charge in [-0.25, -0.2) is 4.99 Å². The molecule has 1 aliphatic carbocycles. The summed E-state index contributed by atoms with van der Waals surface area (Å²) in [5.41, 5.74) is 0. The van der Waals surface area contributed by atoms with E-state index < -0.39 is 0 Å². The third-order valence-corrected chi connectivity index (χ3v) is 5.48. The van der Waals surface area contributed by atoms with Gasteiger partial charge in [-0.3, -0.25) is 0 Å². The minimum absolute atomic E-state index is 0.530. The summed E-state index contributed by atoms with van der Waals surface area (Å²) in [6.45, 7) is 5.42. The second kappa shape index (κ2) is 7.79. The lowest BCUT2D eigenvalue weighted by molar-refractivity contribution is 0.610. The van der Waals surface area contributed by atoms with Gasteiger partial charge in [-0.15, -0.1) is 21.5 Å². The number of hydrogen-bond donors (Lipinski definition) is 2. The van der Waals surface area contributed by atoms with Gasteiger partial charge in [-0.2, -0.15) is 0 Å². The van der Waals surface area contributed by atoms with E-state index in [1.807, 2.05) is 29.9 Å². The maximum absolute atomic E-state index is 4.73. The maximum atomic E-state index is 4.73. The number of aliphatic imine (C=N–C) groups is 1. The Morgan fingerprint density at radius 3 is 2.71 bits per heavy atom. The molecule has 2 N–H and O–H groups in total. The topological polar surface area (TPSA) is 67.1 Å². The van der Waals surface area contributed by atoms with Crippen molar-refractivity contribution in [2.45, 2.75) is 58.7 Å². The molecule has 7 heteroatoms. The van der Waals surface area contributed by atoms with E-state index in [0.29, 0.717) is 12.6 Å². The molecule has 3 rings (SSSR count). The molecule has 0 aromatic carbocycles. The van der Waals surface area contributed by atoms with Gasteiger partial charge in [0.25, 0.3) is 0 Å². The molecule has 0 atom stereocenters. The highest BCUT2D eigenvalue weighted by atomic mass is 32.1. The van der Waals surface area contributed by atoms with Crippen LogP contribution in [0.2, 0.25) is 0 Å². The van der Waals surface area contributed by atoms with Crippen molar-refractivity contribution in [2.24, 2.45) is 12.0 Å². The molecule has 24 heavy (non-hydrogen) atoms. The van der Waals surface area contributed by atoms with Gasteiger partial charge in [-0.1, -0.05) is 12.8 Å². The molecule has 1 aliphatic rings. The fourth-order valence-corrected chi connectivity index (χ4v) is 3.74. The number of aromatic nitrogens is 3. The van der Waals surface area contributed by atoms with Crippen LogP contribution >= 0.6 is 11.3 Å².